The Morgan fingerprint density at radius 2 is 1.97 bits per heavy atom. The Bertz CT molecular complexity index is 1240. The fourth-order valence-electron chi connectivity index (χ4n) is 3.25. The molecular formula is C21H20N6O4S. The van der Waals surface area contributed by atoms with Gasteiger partial charge in [-0.2, -0.15) is 0 Å². The van der Waals surface area contributed by atoms with E-state index in [4.69, 9.17) is 15.2 Å². The summed E-state index contributed by atoms with van der Waals surface area (Å²) in [4.78, 5) is 25.1. The van der Waals surface area contributed by atoms with E-state index in [9.17, 15) is 10.1 Å². The van der Waals surface area contributed by atoms with Crippen molar-refractivity contribution in [2.24, 2.45) is 0 Å². The Hall–Kier alpha value is -3.86. The van der Waals surface area contributed by atoms with Crippen molar-refractivity contribution in [3.05, 3.63) is 64.5 Å². The normalized spacial score (nSPS) is 10.9. The summed E-state index contributed by atoms with van der Waals surface area (Å²) in [5, 5.41) is 11.8. The molecule has 0 radical (unpaired) electrons. The van der Waals surface area contributed by atoms with E-state index in [0.29, 0.717) is 46.7 Å². The number of imidazole rings is 1. The molecule has 2 aliphatic heterocycles. The second kappa shape index (κ2) is 9.10. The van der Waals surface area contributed by atoms with Crippen molar-refractivity contribution in [2.75, 3.05) is 20.0 Å². The van der Waals surface area contributed by atoms with E-state index in [1.54, 1.807) is 43.3 Å². The van der Waals surface area contributed by atoms with E-state index in [2.05, 4.69) is 15.0 Å². The number of para-hydroxylation sites is 1. The summed E-state index contributed by atoms with van der Waals surface area (Å²) in [5.74, 6) is 2.17. The van der Waals surface area contributed by atoms with Gasteiger partial charge in [0.1, 0.15) is 11.5 Å². The monoisotopic (exact) mass is 452 g/mol. The number of ether oxygens (including phenoxy) is 2. The van der Waals surface area contributed by atoms with E-state index >= 15 is 0 Å². The van der Waals surface area contributed by atoms with Crippen LogP contribution in [0.25, 0.3) is 11.5 Å². The van der Waals surface area contributed by atoms with E-state index in [0.717, 1.165) is 4.90 Å². The smallest absolute Gasteiger partial charge is 0.272 e. The molecule has 2 aromatic rings. The number of rotatable bonds is 8. The molecule has 2 aliphatic rings. The van der Waals surface area contributed by atoms with Crippen LogP contribution in [0.1, 0.15) is 5.56 Å². The molecule has 0 atom stereocenters. The van der Waals surface area contributed by atoms with Crippen molar-refractivity contribution in [1.82, 2.24) is 19.5 Å². The SMILES string of the molecule is COc1ccc(OC)c(Sc2nc3c(N)ncn(CCc4ccccc4[N+](=O)[O-])c-3n2)c1. The first-order valence-electron chi connectivity index (χ1n) is 9.60. The molecule has 10 nitrogen and oxygen atoms in total. The van der Waals surface area contributed by atoms with Crippen LogP contribution in [0.5, 0.6) is 11.5 Å². The van der Waals surface area contributed by atoms with Crippen LogP contribution in [0.15, 0.2) is 58.8 Å². The first-order valence-corrected chi connectivity index (χ1v) is 10.4. The lowest BCUT2D eigenvalue weighted by Gasteiger charge is -2.11. The minimum atomic E-state index is -0.380. The van der Waals surface area contributed by atoms with Crippen molar-refractivity contribution >= 4 is 23.3 Å². The molecule has 0 unspecified atom stereocenters. The first-order chi connectivity index (χ1) is 15.5. The molecule has 32 heavy (non-hydrogen) atoms. The van der Waals surface area contributed by atoms with E-state index in [1.165, 1.54) is 17.8 Å². The van der Waals surface area contributed by atoms with Crippen LogP contribution in [-0.4, -0.2) is 38.7 Å². The van der Waals surface area contributed by atoms with Crippen LogP contribution in [-0.2, 0) is 13.0 Å². The fraction of sp³-hybridized carbons (Fsp3) is 0.190. The number of anilines is 1. The Kier molecular flexibility index (Phi) is 6.08. The van der Waals surface area contributed by atoms with Gasteiger partial charge in [-0.1, -0.05) is 18.2 Å². The molecule has 2 heterocycles. The van der Waals surface area contributed by atoms with Gasteiger partial charge in [0.25, 0.3) is 5.69 Å². The maximum absolute atomic E-state index is 11.3. The number of nitro groups is 1. The van der Waals surface area contributed by atoms with Crippen LogP contribution >= 0.6 is 11.8 Å². The Morgan fingerprint density at radius 3 is 2.72 bits per heavy atom. The van der Waals surface area contributed by atoms with Gasteiger partial charge in [-0.15, -0.1) is 0 Å². The lowest BCUT2D eigenvalue weighted by atomic mass is 10.1. The molecule has 11 heteroatoms. The number of methoxy groups -OCH3 is 2. The first kappa shape index (κ1) is 21.4. The van der Waals surface area contributed by atoms with Gasteiger partial charge in [0.05, 0.1) is 30.4 Å². The Labute approximate surface area is 187 Å². The van der Waals surface area contributed by atoms with E-state index < -0.39 is 0 Å². The van der Waals surface area contributed by atoms with Gasteiger partial charge < -0.3 is 19.8 Å². The standard InChI is InChI=1S/C21H20N6O4S/c1-30-14-7-8-16(31-2)17(11-14)32-21-24-18-19(22)23-12-26(20(18)25-21)10-9-13-5-3-4-6-15(13)27(28)29/h3-8,11-12H,9-10,22H2,1-2H3. The zero-order valence-electron chi connectivity index (χ0n) is 17.4. The number of aryl methyl sites for hydroxylation is 2. The minimum Gasteiger partial charge on any atom is -0.497 e. The predicted molar refractivity (Wildman–Crippen MR) is 119 cm³/mol. The Morgan fingerprint density at radius 1 is 1.16 bits per heavy atom. The highest BCUT2D eigenvalue weighted by atomic mass is 32.2. The van der Waals surface area contributed by atoms with Gasteiger partial charge in [0, 0.05) is 18.2 Å². The number of nitrogens with zero attached hydrogens (tertiary/aromatic N) is 5. The molecule has 2 N–H and O–H groups in total. The molecule has 0 amide bonds. The van der Waals surface area contributed by atoms with Crippen molar-refractivity contribution in [1.29, 1.82) is 0 Å². The van der Waals surface area contributed by atoms with Crippen LogP contribution in [0.3, 0.4) is 0 Å². The van der Waals surface area contributed by atoms with Crippen molar-refractivity contribution in [2.45, 2.75) is 23.0 Å². The van der Waals surface area contributed by atoms with Crippen molar-refractivity contribution in [3.8, 4) is 23.0 Å². The van der Waals surface area contributed by atoms with Crippen LogP contribution in [0, 0.1) is 10.1 Å². The van der Waals surface area contributed by atoms with Gasteiger partial charge in [0.2, 0.25) is 0 Å². The van der Waals surface area contributed by atoms with Gasteiger partial charge in [-0.05, 0) is 36.4 Å². The lowest BCUT2D eigenvalue weighted by Crippen LogP contribution is -2.10. The summed E-state index contributed by atoms with van der Waals surface area (Å²) in [7, 11) is 3.18. The number of hydrogen-bond acceptors (Lipinski definition) is 9. The summed E-state index contributed by atoms with van der Waals surface area (Å²) in [6, 6.07) is 12.1. The molecule has 4 rings (SSSR count). The average molecular weight is 452 g/mol. The zero-order valence-corrected chi connectivity index (χ0v) is 18.2. The molecule has 0 aromatic heterocycles. The third-order valence-corrected chi connectivity index (χ3v) is 5.76. The summed E-state index contributed by atoms with van der Waals surface area (Å²) in [6.45, 7) is 0.430. The topological polar surface area (TPSA) is 131 Å². The molecule has 0 fully saturated rings. The Balaban J connectivity index is 1.64. The highest BCUT2D eigenvalue weighted by Crippen LogP contribution is 2.38. The third-order valence-electron chi connectivity index (χ3n) is 4.85. The largest absolute Gasteiger partial charge is 0.497 e. The summed E-state index contributed by atoms with van der Waals surface area (Å²) in [6.07, 6.45) is 2.00. The minimum absolute atomic E-state index is 0.0858. The molecule has 0 bridgehead atoms. The molecular weight excluding hydrogens is 432 g/mol. The number of aromatic nitrogens is 4. The molecule has 0 spiro atoms. The second-order valence-corrected chi connectivity index (χ2v) is 7.77. The van der Waals surface area contributed by atoms with Crippen LogP contribution in [0.4, 0.5) is 11.5 Å². The van der Waals surface area contributed by atoms with Crippen molar-refractivity contribution < 1.29 is 14.4 Å². The average Bonchev–Trinajstić information content (AvgIpc) is 3.23. The number of nitro benzene ring substituents is 1. The summed E-state index contributed by atoms with van der Waals surface area (Å²) >= 11 is 1.32. The maximum Gasteiger partial charge on any atom is 0.272 e. The van der Waals surface area contributed by atoms with E-state index in [1.807, 2.05) is 18.2 Å². The zero-order chi connectivity index (χ0) is 22.7. The lowest BCUT2D eigenvalue weighted by molar-refractivity contribution is -0.385. The number of benzene rings is 2. The highest BCUT2D eigenvalue weighted by Gasteiger charge is 2.21. The van der Waals surface area contributed by atoms with Crippen molar-refractivity contribution in [3.63, 3.8) is 0 Å². The molecule has 0 saturated carbocycles. The molecule has 0 aliphatic carbocycles. The maximum atomic E-state index is 11.3. The van der Waals surface area contributed by atoms with E-state index in [-0.39, 0.29) is 16.4 Å². The molecule has 164 valence electrons. The molecule has 2 aromatic carbocycles. The van der Waals surface area contributed by atoms with Gasteiger partial charge in [-0.25, -0.2) is 15.0 Å². The third kappa shape index (κ3) is 4.28. The number of fused-ring (bicyclic) bond motifs is 1. The van der Waals surface area contributed by atoms with Crippen LogP contribution in [0.2, 0.25) is 0 Å². The van der Waals surface area contributed by atoms with Gasteiger partial charge in [0.15, 0.2) is 22.5 Å². The van der Waals surface area contributed by atoms with Gasteiger partial charge in [-0.3, -0.25) is 10.1 Å². The summed E-state index contributed by atoms with van der Waals surface area (Å²) in [5.41, 5.74) is 7.22. The highest BCUT2D eigenvalue weighted by molar-refractivity contribution is 7.99. The number of nitrogens with two attached hydrogens (primary N) is 1. The van der Waals surface area contributed by atoms with Gasteiger partial charge >= 0.3 is 0 Å². The fourth-order valence-corrected chi connectivity index (χ4v) is 4.14. The second-order valence-electron chi connectivity index (χ2n) is 6.76. The summed E-state index contributed by atoms with van der Waals surface area (Å²) < 4.78 is 12.5. The number of nitrogen functional groups attached to an aromatic ring is 1. The molecule has 0 saturated heterocycles. The quantitative estimate of drug-likeness (QED) is 0.314. The number of hydrogen-bond donors (Lipinski definition) is 1. The predicted octanol–water partition coefficient (Wildman–Crippen LogP) is 3.68. The van der Waals surface area contributed by atoms with Crippen LogP contribution < -0.4 is 15.2 Å².